The maximum Gasteiger partial charge on any atom is 0.238 e. The van der Waals surface area contributed by atoms with Gasteiger partial charge in [0, 0.05) is 36.1 Å². The molecule has 2 aliphatic heterocycles. The highest BCUT2D eigenvalue weighted by Crippen LogP contribution is 2.47. The monoisotopic (exact) mass is 454 g/mol. The Labute approximate surface area is 193 Å². The number of carbonyl (C=O) groups excluding carboxylic acids is 2. The van der Waals surface area contributed by atoms with Crippen LogP contribution in [0.3, 0.4) is 0 Å². The van der Waals surface area contributed by atoms with E-state index in [1.54, 1.807) is 17.3 Å². The average molecular weight is 455 g/mol. The van der Waals surface area contributed by atoms with Crippen molar-refractivity contribution >= 4 is 17.5 Å². The zero-order valence-electron chi connectivity index (χ0n) is 18.9. The highest BCUT2D eigenvalue weighted by atomic mass is 16.6. The lowest BCUT2D eigenvalue weighted by molar-refractivity contribution is -0.142. The fraction of sp³-hybridized carbons (Fsp3) is 0.458. The topological polar surface area (TPSA) is 113 Å². The molecule has 4 rings (SSSR count). The second kappa shape index (κ2) is 10.3. The van der Waals surface area contributed by atoms with E-state index in [2.05, 4.69) is 15.6 Å². The van der Waals surface area contributed by atoms with E-state index in [-0.39, 0.29) is 49.5 Å². The Kier molecular flexibility index (Phi) is 7.22. The van der Waals surface area contributed by atoms with Crippen LogP contribution < -0.4 is 15.4 Å². The first-order valence-electron chi connectivity index (χ1n) is 11.1. The Morgan fingerprint density at radius 1 is 1.18 bits per heavy atom. The van der Waals surface area contributed by atoms with E-state index in [9.17, 15) is 14.7 Å². The Balaban J connectivity index is 1.42. The summed E-state index contributed by atoms with van der Waals surface area (Å²) in [5.41, 5.74) is 2.63. The molecule has 0 bridgehead atoms. The molecule has 176 valence electrons. The Morgan fingerprint density at radius 3 is 2.70 bits per heavy atom. The van der Waals surface area contributed by atoms with Gasteiger partial charge in [0.15, 0.2) is 0 Å². The van der Waals surface area contributed by atoms with Crippen LogP contribution in [0.15, 0.2) is 42.7 Å². The van der Waals surface area contributed by atoms with Crippen LogP contribution in [0.1, 0.15) is 29.9 Å². The molecular formula is C24H30N4O5. The molecule has 1 fully saturated rings. The first-order valence-corrected chi connectivity index (χ1v) is 11.1. The molecule has 3 heterocycles. The highest BCUT2D eigenvalue weighted by Gasteiger charge is 2.46. The molecule has 0 saturated carbocycles. The third-order valence-electron chi connectivity index (χ3n) is 5.90. The number of fused-ring (bicyclic) bond motifs is 3. The van der Waals surface area contributed by atoms with Crippen LogP contribution in [-0.4, -0.2) is 72.4 Å². The molecule has 0 unspecified atom stereocenters. The molecule has 1 aromatic heterocycles. The number of pyridine rings is 1. The van der Waals surface area contributed by atoms with Gasteiger partial charge in [0.05, 0.1) is 25.7 Å². The summed E-state index contributed by atoms with van der Waals surface area (Å²) in [6.45, 7) is 0.513. The van der Waals surface area contributed by atoms with Gasteiger partial charge in [0.1, 0.15) is 18.0 Å². The molecule has 2 aromatic rings. The number of likely N-dealkylation sites (N-methyl/N-ethyl adjacent to an activating group) is 1. The normalized spacial score (nSPS) is 23.4. The van der Waals surface area contributed by atoms with E-state index in [0.29, 0.717) is 18.7 Å². The van der Waals surface area contributed by atoms with Crippen LogP contribution in [0, 0.1) is 0 Å². The minimum absolute atomic E-state index is 0.0328. The van der Waals surface area contributed by atoms with E-state index in [0.717, 1.165) is 16.9 Å². The van der Waals surface area contributed by atoms with Gasteiger partial charge in [-0.3, -0.25) is 14.6 Å². The molecule has 2 amide bonds. The minimum Gasteiger partial charge on any atom is -0.487 e. The van der Waals surface area contributed by atoms with Crippen molar-refractivity contribution in [3.05, 3.63) is 53.9 Å². The number of carbonyl (C=O) groups is 2. The number of anilines is 1. The van der Waals surface area contributed by atoms with Crippen LogP contribution in [0.4, 0.5) is 5.69 Å². The van der Waals surface area contributed by atoms with E-state index in [4.69, 9.17) is 9.47 Å². The van der Waals surface area contributed by atoms with Crippen LogP contribution in [0.5, 0.6) is 5.75 Å². The summed E-state index contributed by atoms with van der Waals surface area (Å²) in [4.78, 5) is 30.5. The fourth-order valence-corrected chi connectivity index (χ4v) is 4.43. The molecule has 3 N–H and O–H groups in total. The lowest BCUT2D eigenvalue weighted by Crippen LogP contribution is -2.47. The van der Waals surface area contributed by atoms with Crippen molar-refractivity contribution in [1.29, 1.82) is 0 Å². The fourth-order valence-electron chi connectivity index (χ4n) is 4.43. The largest absolute Gasteiger partial charge is 0.487 e. The van der Waals surface area contributed by atoms with Crippen molar-refractivity contribution in [2.24, 2.45) is 0 Å². The third-order valence-corrected chi connectivity index (χ3v) is 5.90. The molecule has 9 nitrogen and oxygen atoms in total. The number of amides is 2. The summed E-state index contributed by atoms with van der Waals surface area (Å²) in [5.74, 6) is 0.477. The number of aromatic nitrogens is 1. The molecule has 0 aliphatic carbocycles. The number of ether oxygens (including phenoxy) is 2. The Bertz CT molecular complexity index is 984. The molecule has 0 spiro atoms. The van der Waals surface area contributed by atoms with Gasteiger partial charge in [-0.15, -0.1) is 0 Å². The van der Waals surface area contributed by atoms with Crippen molar-refractivity contribution in [2.45, 2.75) is 43.6 Å². The number of hydrogen-bond donors (Lipinski definition) is 3. The van der Waals surface area contributed by atoms with E-state index < -0.39 is 6.10 Å². The smallest absolute Gasteiger partial charge is 0.238 e. The number of nitrogens with one attached hydrogen (secondary N) is 2. The Hall–Kier alpha value is -3.01. The average Bonchev–Trinajstić information content (AvgIpc) is 3.15. The molecule has 9 heteroatoms. The van der Waals surface area contributed by atoms with Gasteiger partial charge in [-0.05, 0) is 56.4 Å². The maximum absolute atomic E-state index is 12.5. The van der Waals surface area contributed by atoms with Crippen molar-refractivity contribution in [3.63, 3.8) is 0 Å². The predicted molar refractivity (Wildman–Crippen MR) is 122 cm³/mol. The lowest BCUT2D eigenvalue weighted by atomic mass is 9.84. The molecule has 4 atom stereocenters. The third kappa shape index (κ3) is 5.68. The SMILES string of the molecule is CN(C)CC(=O)Nc1ccc2c(c1)[C@H]1C[C@H](CC(=O)NCc3ccncc3)O[C@@H](CO)[C@H]1O2. The van der Waals surface area contributed by atoms with E-state index in [1.165, 1.54) is 0 Å². The van der Waals surface area contributed by atoms with Crippen molar-refractivity contribution in [1.82, 2.24) is 15.2 Å². The second-order valence-corrected chi connectivity index (χ2v) is 8.78. The predicted octanol–water partition coefficient (Wildman–Crippen LogP) is 1.28. The number of nitrogens with zero attached hydrogens (tertiary/aromatic N) is 2. The molecule has 1 saturated heterocycles. The van der Waals surface area contributed by atoms with Crippen molar-refractivity contribution < 1.29 is 24.2 Å². The number of rotatable bonds is 8. The van der Waals surface area contributed by atoms with Gasteiger partial charge in [0.25, 0.3) is 0 Å². The number of aliphatic hydroxyl groups is 1. The maximum atomic E-state index is 12.5. The molecule has 2 aliphatic rings. The van der Waals surface area contributed by atoms with Gasteiger partial charge >= 0.3 is 0 Å². The number of benzene rings is 1. The molecular weight excluding hydrogens is 424 g/mol. The van der Waals surface area contributed by atoms with Gasteiger partial charge in [-0.1, -0.05) is 0 Å². The number of hydrogen-bond acceptors (Lipinski definition) is 7. The van der Waals surface area contributed by atoms with Gasteiger partial charge < -0.3 is 30.1 Å². The first kappa shape index (κ1) is 23.2. The van der Waals surface area contributed by atoms with Crippen LogP contribution >= 0.6 is 0 Å². The summed E-state index contributed by atoms with van der Waals surface area (Å²) in [6, 6.07) is 9.28. The van der Waals surface area contributed by atoms with E-state index in [1.807, 2.05) is 44.4 Å². The van der Waals surface area contributed by atoms with Crippen LogP contribution in [0.2, 0.25) is 0 Å². The summed E-state index contributed by atoms with van der Waals surface area (Å²) < 4.78 is 12.1. The zero-order valence-corrected chi connectivity index (χ0v) is 18.9. The van der Waals surface area contributed by atoms with Crippen LogP contribution in [0.25, 0.3) is 0 Å². The summed E-state index contributed by atoms with van der Waals surface area (Å²) in [7, 11) is 3.68. The second-order valence-electron chi connectivity index (χ2n) is 8.78. The first-order chi connectivity index (χ1) is 15.9. The van der Waals surface area contributed by atoms with Gasteiger partial charge in [0.2, 0.25) is 11.8 Å². The summed E-state index contributed by atoms with van der Waals surface area (Å²) in [6.07, 6.45) is 2.96. The molecule has 0 radical (unpaired) electrons. The molecule has 1 aromatic carbocycles. The molecule has 33 heavy (non-hydrogen) atoms. The highest BCUT2D eigenvalue weighted by molar-refractivity contribution is 5.92. The van der Waals surface area contributed by atoms with Crippen LogP contribution in [-0.2, 0) is 20.9 Å². The minimum atomic E-state index is -0.527. The lowest BCUT2D eigenvalue weighted by Gasteiger charge is -2.37. The zero-order chi connectivity index (χ0) is 23.4. The van der Waals surface area contributed by atoms with E-state index >= 15 is 0 Å². The van der Waals surface area contributed by atoms with Gasteiger partial charge in [-0.25, -0.2) is 0 Å². The Morgan fingerprint density at radius 2 is 1.97 bits per heavy atom. The van der Waals surface area contributed by atoms with Crippen molar-refractivity contribution in [3.8, 4) is 5.75 Å². The quantitative estimate of drug-likeness (QED) is 0.551. The standard InChI is InChI=1S/C24H30N4O5/c1-28(2)13-23(31)27-16-3-4-20-18(9-16)19-10-17(32-21(14-29)24(19)33-20)11-22(30)26-12-15-5-7-25-8-6-15/h3-9,17,19,21,24,29H,10-14H2,1-2H3,(H,26,30)(H,27,31)/t17-,19-,21+,24+/m1/s1. The number of aliphatic hydroxyl groups excluding tert-OH is 1. The summed E-state index contributed by atoms with van der Waals surface area (Å²) >= 11 is 0. The van der Waals surface area contributed by atoms with Crippen molar-refractivity contribution in [2.75, 3.05) is 32.6 Å². The summed E-state index contributed by atoms with van der Waals surface area (Å²) in [5, 5.41) is 15.7. The van der Waals surface area contributed by atoms with Gasteiger partial charge in [-0.2, -0.15) is 0 Å².